The minimum Gasteiger partial charge on any atom is -0.314 e. The summed E-state index contributed by atoms with van der Waals surface area (Å²) < 4.78 is 2.03. The molecule has 1 aromatic carbocycles. The van der Waals surface area contributed by atoms with E-state index in [1.165, 1.54) is 0 Å². The van der Waals surface area contributed by atoms with Gasteiger partial charge in [0, 0.05) is 26.2 Å². The van der Waals surface area contributed by atoms with E-state index in [9.17, 15) is 0 Å². The summed E-state index contributed by atoms with van der Waals surface area (Å²) >= 11 is 0. The standard InChI is InChI=1S/C14H17N5/c15-5-8-19-13-4-2-1-3-12(13)17-14(19)11-18-9-6-16-7-10-18/h1-4,16H,6-11H2. The molecule has 1 aliphatic rings. The van der Waals surface area contributed by atoms with E-state index in [2.05, 4.69) is 21.3 Å². The zero-order valence-electron chi connectivity index (χ0n) is 10.8. The van der Waals surface area contributed by atoms with Crippen LogP contribution in [0.3, 0.4) is 0 Å². The predicted octanol–water partition coefficient (Wildman–Crippen LogP) is 0.965. The summed E-state index contributed by atoms with van der Waals surface area (Å²) in [5.74, 6) is 0.990. The molecule has 1 N–H and O–H groups in total. The Balaban J connectivity index is 1.92. The van der Waals surface area contributed by atoms with E-state index in [1.807, 2.05) is 28.8 Å². The Morgan fingerprint density at radius 1 is 1.26 bits per heavy atom. The van der Waals surface area contributed by atoms with Crippen LogP contribution in [0.2, 0.25) is 0 Å². The molecular formula is C14H17N5. The van der Waals surface area contributed by atoms with E-state index in [1.54, 1.807) is 0 Å². The molecular weight excluding hydrogens is 238 g/mol. The monoisotopic (exact) mass is 255 g/mol. The van der Waals surface area contributed by atoms with Gasteiger partial charge in [-0.1, -0.05) is 12.1 Å². The van der Waals surface area contributed by atoms with Crippen molar-refractivity contribution >= 4 is 11.0 Å². The van der Waals surface area contributed by atoms with E-state index in [0.29, 0.717) is 6.54 Å². The SMILES string of the molecule is N#CCn1c(CN2CCNCC2)nc2ccccc21. The van der Waals surface area contributed by atoms with Crippen molar-refractivity contribution in [2.45, 2.75) is 13.1 Å². The average molecular weight is 255 g/mol. The van der Waals surface area contributed by atoms with Crippen LogP contribution < -0.4 is 5.32 Å². The molecule has 0 amide bonds. The molecule has 0 atom stereocenters. The molecule has 1 aliphatic heterocycles. The zero-order chi connectivity index (χ0) is 13.1. The first-order valence-electron chi connectivity index (χ1n) is 6.62. The van der Waals surface area contributed by atoms with Gasteiger partial charge in [0.15, 0.2) is 0 Å². The van der Waals surface area contributed by atoms with Crippen LogP contribution in [0.15, 0.2) is 24.3 Å². The number of nitrogens with one attached hydrogen (secondary N) is 1. The molecule has 0 saturated carbocycles. The number of para-hydroxylation sites is 2. The van der Waals surface area contributed by atoms with Gasteiger partial charge in [-0.15, -0.1) is 0 Å². The molecule has 0 spiro atoms. The summed E-state index contributed by atoms with van der Waals surface area (Å²) in [5, 5.41) is 12.4. The average Bonchev–Trinajstić information content (AvgIpc) is 2.79. The third-order valence-electron chi connectivity index (χ3n) is 3.54. The largest absolute Gasteiger partial charge is 0.314 e. The molecule has 0 radical (unpaired) electrons. The number of piperazine rings is 1. The lowest BCUT2D eigenvalue weighted by Crippen LogP contribution is -2.43. The van der Waals surface area contributed by atoms with Crippen LogP contribution in [0, 0.1) is 11.3 Å². The smallest absolute Gasteiger partial charge is 0.125 e. The highest BCUT2D eigenvalue weighted by atomic mass is 15.2. The minimum absolute atomic E-state index is 0.363. The molecule has 5 heteroatoms. The van der Waals surface area contributed by atoms with Gasteiger partial charge in [-0.2, -0.15) is 5.26 Å². The van der Waals surface area contributed by atoms with Crippen LogP contribution in [0.25, 0.3) is 11.0 Å². The maximum Gasteiger partial charge on any atom is 0.125 e. The van der Waals surface area contributed by atoms with Gasteiger partial charge >= 0.3 is 0 Å². The van der Waals surface area contributed by atoms with Crippen molar-refractivity contribution in [2.24, 2.45) is 0 Å². The molecule has 1 aromatic heterocycles. The highest BCUT2D eigenvalue weighted by Crippen LogP contribution is 2.17. The number of nitrogens with zero attached hydrogens (tertiary/aromatic N) is 4. The van der Waals surface area contributed by atoms with Gasteiger partial charge in [-0.05, 0) is 12.1 Å². The lowest BCUT2D eigenvalue weighted by atomic mass is 10.3. The lowest BCUT2D eigenvalue weighted by molar-refractivity contribution is 0.226. The van der Waals surface area contributed by atoms with E-state index in [4.69, 9.17) is 5.26 Å². The third kappa shape index (κ3) is 2.46. The zero-order valence-corrected chi connectivity index (χ0v) is 10.8. The van der Waals surface area contributed by atoms with Crippen molar-refractivity contribution in [1.82, 2.24) is 19.8 Å². The fourth-order valence-electron chi connectivity index (χ4n) is 2.56. The van der Waals surface area contributed by atoms with Gasteiger partial charge in [0.1, 0.15) is 12.4 Å². The van der Waals surface area contributed by atoms with E-state index < -0.39 is 0 Å². The van der Waals surface area contributed by atoms with Crippen LogP contribution in [0.5, 0.6) is 0 Å². The van der Waals surface area contributed by atoms with Crippen LogP contribution in [0.1, 0.15) is 5.82 Å². The molecule has 19 heavy (non-hydrogen) atoms. The quantitative estimate of drug-likeness (QED) is 0.887. The highest BCUT2D eigenvalue weighted by Gasteiger charge is 2.15. The van der Waals surface area contributed by atoms with Crippen molar-refractivity contribution in [3.63, 3.8) is 0 Å². The molecule has 2 heterocycles. The number of rotatable bonds is 3. The number of nitriles is 1. The Kier molecular flexibility index (Phi) is 3.45. The molecule has 1 fully saturated rings. The van der Waals surface area contributed by atoms with Crippen molar-refractivity contribution in [1.29, 1.82) is 5.26 Å². The van der Waals surface area contributed by atoms with Crippen LogP contribution in [-0.4, -0.2) is 40.6 Å². The number of imidazole rings is 1. The summed E-state index contributed by atoms with van der Waals surface area (Å²) in [5.41, 5.74) is 2.03. The number of aromatic nitrogens is 2. The highest BCUT2D eigenvalue weighted by molar-refractivity contribution is 5.76. The first kappa shape index (κ1) is 12.2. The Morgan fingerprint density at radius 3 is 2.84 bits per heavy atom. The van der Waals surface area contributed by atoms with Gasteiger partial charge in [-0.3, -0.25) is 4.90 Å². The van der Waals surface area contributed by atoms with Crippen molar-refractivity contribution < 1.29 is 0 Å². The van der Waals surface area contributed by atoms with Crippen LogP contribution in [-0.2, 0) is 13.1 Å². The summed E-state index contributed by atoms with van der Waals surface area (Å²) in [6, 6.07) is 10.2. The van der Waals surface area contributed by atoms with Crippen molar-refractivity contribution in [2.75, 3.05) is 26.2 Å². The lowest BCUT2D eigenvalue weighted by Gasteiger charge is -2.26. The first-order valence-corrected chi connectivity index (χ1v) is 6.62. The molecule has 1 saturated heterocycles. The van der Waals surface area contributed by atoms with Crippen LogP contribution in [0.4, 0.5) is 0 Å². The fraction of sp³-hybridized carbons (Fsp3) is 0.429. The summed E-state index contributed by atoms with van der Waals surface area (Å²) in [6.07, 6.45) is 0. The number of benzene rings is 1. The molecule has 2 aromatic rings. The summed E-state index contributed by atoms with van der Waals surface area (Å²) in [4.78, 5) is 7.06. The second kappa shape index (κ2) is 5.39. The maximum absolute atomic E-state index is 9.01. The summed E-state index contributed by atoms with van der Waals surface area (Å²) in [7, 11) is 0. The topological polar surface area (TPSA) is 56.9 Å². The number of fused-ring (bicyclic) bond motifs is 1. The molecule has 5 nitrogen and oxygen atoms in total. The van der Waals surface area contributed by atoms with Crippen LogP contribution >= 0.6 is 0 Å². The Labute approximate surface area is 112 Å². The molecule has 3 rings (SSSR count). The Hall–Kier alpha value is -1.90. The Morgan fingerprint density at radius 2 is 2.05 bits per heavy atom. The predicted molar refractivity (Wildman–Crippen MR) is 73.5 cm³/mol. The normalized spacial score (nSPS) is 16.6. The van der Waals surface area contributed by atoms with Gasteiger partial charge < -0.3 is 9.88 Å². The molecule has 0 unspecified atom stereocenters. The minimum atomic E-state index is 0.363. The van der Waals surface area contributed by atoms with Gasteiger partial charge in [-0.25, -0.2) is 4.98 Å². The van der Waals surface area contributed by atoms with Crippen molar-refractivity contribution in [3.05, 3.63) is 30.1 Å². The second-order valence-electron chi connectivity index (χ2n) is 4.79. The van der Waals surface area contributed by atoms with E-state index in [0.717, 1.165) is 49.6 Å². The Bertz CT molecular complexity index is 604. The number of hydrogen-bond acceptors (Lipinski definition) is 4. The number of hydrogen-bond donors (Lipinski definition) is 1. The molecule has 0 bridgehead atoms. The first-order chi connectivity index (χ1) is 9.38. The van der Waals surface area contributed by atoms with Gasteiger partial charge in [0.2, 0.25) is 0 Å². The van der Waals surface area contributed by atoms with Gasteiger partial charge in [0.25, 0.3) is 0 Å². The molecule has 0 aliphatic carbocycles. The van der Waals surface area contributed by atoms with Crippen molar-refractivity contribution in [3.8, 4) is 6.07 Å². The molecule has 98 valence electrons. The maximum atomic E-state index is 9.01. The fourth-order valence-corrected chi connectivity index (χ4v) is 2.56. The second-order valence-corrected chi connectivity index (χ2v) is 4.79. The summed E-state index contributed by atoms with van der Waals surface area (Å²) in [6.45, 7) is 5.31. The van der Waals surface area contributed by atoms with E-state index in [-0.39, 0.29) is 0 Å². The van der Waals surface area contributed by atoms with E-state index >= 15 is 0 Å². The third-order valence-corrected chi connectivity index (χ3v) is 3.54. The van der Waals surface area contributed by atoms with Gasteiger partial charge in [0.05, 0.1) is 23.6 Å².